The minimum Gasteiger partial charge on any atom is -0.480 e. The minimum atomic E-state index is 0.272. The first-order valence-electron chi connectivity index (χ1n) is 8.54. The predicted molar refractivity (Wildman–Crippen MR) is 114 cm³/mol. The van der Waals surface area contributed by atoms with Crippen molar-refractivity contribution in [2.45, 2.75) is 0 Å². The van der Waals surface area contributed by atoms with E-state index >= 15 is 0 Å². The Bertz CT molecular complexity index is 1250. The number of aromatic nitrogens is 1. The summed E-state index contributed by atoms with van der Waals surface area (Å²) in [5, 5.41) is 12.8. The van der Waals surface area contributed by atoms with E-state index in [4.69, 9.17) is 27.9 Å². The highest BCUT2D eigenvalue weighted by molar-refractivity contribution is 6.42. The van der Waals surface area contributed by atoms with Gasteiger partial charge in [-0.25, -0.2) is 4.98 Å². The van der Waals surface area contributed by atoms with Crippen LogP contribution in [0.3, 0.4) is 0 Å². The van der Waals surface area contributed by atoms with Crippen molar-refractivity contribution < 1.29 is 4.74 Å². The van der Waals surface area contributed by atoms with Crippen LogP contribution in [0.15, 0.2) is 66.7 Å². The smallest absolute Gasteiger partial charge is 0.232 e. The molecule has 0 aliphatic carbocycles. The van der Waals surface area contributed by atoms with E-state index in [0.717, 1.165) is 21.9 Å². The lowest BCUT2D eigenvalue weighted by Gasteiger charge is -2.12. The van der Waals surface area contributed by atoms with Gasteiger partial charge in [-0.05, 0) is 40.6 Å². The number of methoxy groups -OCH3 is 1. The average molecular weight is 405 g/mol. The van der Waals surface area contributed by atoms with Crippen LogP contribution in [0.25, 0.3) is 33.2 Å². The first kappa shape index (κ1) is 18.3. The Morgan fingerprint density at radius 3 is 2.32 bits per heavy atom. The van der Waals surface area contributed by atoms with Crippen LogP contribution >= 0.6 is 23.2 Å². The monoisotopic (exact) mass is 404 g/mol. The zero-order valence-corrected chi connectivity index (χ0v) is 16.4. The van der Waals surface area contributed by atoms with Crippen molar-refractivity contribution in [1.82, 2.24) is 4.98 Å². The Labute approximate surface area is 172 Å². The zero-order chi connectivity index (χ0) is 19.7. The molecule has 0 N–H and O–H groups in total. The van der Waals surface area contributed by atoms with Gasteiger partial charge in [0.25, 0.3) is 0 Å². The molecular formula is C23H14Cl2N2O. The number of pyridine rings is 1. The van der Waals surface area contributed by atoms with Crippen molar-refractivity contribution in [2.75, 3.05) is 7.11 Å². The Morgan fingerprint density at radius 2 is 1.61 bits per heavy atom. The quantitative estimate of drug-likeness (QED) is 0.379. The van der Waals surface area contributed by atoms with Crippen molar-refractivity contribution in [3.8, 4) is 34.3 Å². The van der Waals surface area contributed by atoms with Crippen LogP contribution < -0.4 is 4.74 Å². The number of nitriles is 1. The Kier molecular flexibility index (Phi) is 4.92. The number of ether oxygens (including phenoxy) is 1. The normalized spacial score (nSPS) is 10.6. The van der Waals surface area contributed by atoms with Gasteiger partial charge in [-0.2, -0.15) is 5.26 Å². The molecule has 0 bridgehead atoms. The van der Waals surface area contributed by atoms with E-state index in [2.05, 4.69) is 35.3 Å². The summed E-state index contributed by atoms with van der Waals surface area (Å²) >= 11 is 12.2. The fourth-order valence-corrected chi connectivity index (χ4v) is 3.46. The number of fused-ring (bicyclic) bond motifs is 1. The molecule has 0 amide bonds. The van der Waals surface area contributed by atoms with Crippen LogP contribution in [0.2, 0.25) is 10.0 Å². The molecule has 0 aliphatic heterocycles. The molecule has 0 spiro atoms. The SMILES string of the molecule is COc1nc(-c2ccc3ccccc3c2)cc(-c2ccc(Cl)c(Cl)c2)c1C#N. The van der Waals surface area contributed by atoms with Crippen LogP contribution in [0.1, 0.15) is 5.56 Å². The molecule has 0 fully saturated rings. The van der Waals surface area contributed by atoms with E-state index in [1.807, 2.05) is 30.3 Å². The maximum Gasteiger partial charge on any atom is 0.232 e. The van der Waals surface area contributed by atoms with Crippen molar-refractivity contribution in [1.29, 1.82) is 5.26 Å². The Morgan fingerprint density at radius 1 is 0.857 bits per heavy atom. The summed E-state index contributed by atoms with van der Waals surface area (Å²) in [7, 11) is 1.51. The van der Waals surface area contributed by atoms with Gasteiger partial charge < -0.3 is 4.74 Å². The first-order valence-corrected chi connectivity index (χ1v) is 9.30. The summed E-state index contributed by atoms with van der Waals surface area (Å²) < 4.78 is 5.41. The molecule has 5 heteroatoms. The molecule has 1 aromatic heterocycles. The largest absolute Gasteiger partial charge is 0.480 e. The lowest BCUT2D eigenvalue weighted by molar-refractivity contribution is 0.397. The third-order valence-corrected chi connectivity index (χ3v) is 5.31. The first-order chi connectivity index (χ1) is 13.6. The second-order valence-corrected chi connectivity index (χ2v) is 7.06. The van der Waals surface area contributed by atoms with E-state index < -0.39 is 0 Å². The van der Waals surface area contributed by atoms with Crippen molar-refractivity contribution in [3.05, 3.63) is 82.3 Å². The zero-order valence-electron chi connectivity index (χ0n) is 14.9. The van der Waals surface area contributed by atoms with Crippen LogP contribution in [0.4, 0.5) is 0 Å². The van der Waals surface area contributed by atoms with Gasteiger partial charge in [0, 0.05) is 11.1 Å². The van der Waals surface area contributed by atoms with E-state index in [-0.39, 0.29) is 5.88 Å². The number of hydrogen-bond acceptors (Lipinski definition) is 3. The van der Waals surface area contributed by atoms with Crippen LogP contribution in [0.5, 0.6) is 5.88 Å². The molecule has 0 unspecified atom stereocenters. The maximum atomic E-state index is 9.69. The molecule has 28 heavy (non-hydrogen) atoms. The van der Waals surface area contributed by atoms with Gasteiger partial charge in [0.1, 0.15) is 11.6 Å². The van der Waals surface area contributed by atoms with Gasteiger partial charge in [-0.1, -0.05) is 65.7 Å². The van der Waals surface area contributed by atoms with E-state index in [1.165, 1.54) is 7.11 Å². The number of nitrogens with zero attached hydrogens (tertiary/aromatic N) is 2. The van der Waals surface area contributed by atoms with Crippen LogP contribution in [-0.2, 0) is 0 Å². The molecule has 3 nitrogen and oxygen atoms in total. The van der Waals surface area contributed by atoms with Gasteiger partial charge in [-0.3, -0.25) is 0 Å². The fraction of sp³-hybridized carbons (Fsp3) is 0.0435. The van der Waals surface area contributed by atoms with Gasteiger partial charge in [0.15, 0.2) is 0 Å². The molecule has 136 valence electrons. The summed E-state index contributed by atoms with van der Waals surface area (Å²) in [5.41, 5.74) is 3.46. The molecule has 3 aromatic carbocycles. The van der Waals surface area contributed by atoms with Crippen LogP contribution in [0, 0.1) is 11.3 Å². The number of benzene rings is 3. The van der Waals surface area contributed by atoms with E-state index in [1.54, 1.807) is 12.1 Å². The van der Waals surface area contributed by atoms with Gasteiger partial charge >= 0.3 is 0 Å². The van der Waals surface area contributed by atoms with Gasteiger partial charge in [0.2, 0.25) is 5.88 Å². The lowest BCUT2D eigenvalue weighted by Crippen LogP contribution is -1.98. The van der Waals surface area contributed by atoms with Gasteiger partial charge in [-0.15, -0.1) is 0 Å². The minimum absolute atomic E-state index is 0.272. The summed E-state index contributed by atoms with van der Waals surface area (Å²) in [6.07, 6.45) is 0. The average Bonchev–Trinajstić information content (AvgIpc) is 2.74. The third kappa shape index (κ3) is 3.29. The highest BCUT2D eigenvalue weighted by Gasteiger charge is 2.17. The molecule has 0 atom stereocenters. The number of rotatable bonds is 3. The lowest BCUT2D eigenvalue weighted by atomic mass is 9.98. The number of hydrogen-bond donors (Lipinski definition) is 0. The van der Waals surface area contributed by atoms with Crippen LogP contribution in [-0.4, -0.2) is 12.1 Å². The highest BCUT2D eigenvalue weighted by Crippen LogP contribution is 2.36. The molecule has 0 radical (unpaired) electrons. The van der Waals surface area contributed by atoms with E-state index in [0.29, 0.717) is 26.9 Å². The summed E-state index contributed by atoms with van der Waals surface area (Å²) in [5.74, 6) is 0.272. The van der Waals surface area contributed by atoms with Gasteiger partial charge in [0.05, 0.1) is 22.8 Å². The summed E-state index contributed by atoms with van der Waals surface area (Å²) in [6, 6.07) is 23.6. The maximum absolute atomic E-state index is 9.69. The summed E-state index contributed by atoms with van der Waals surface area (Å²) in [4.78, 5) is 4.56. The highest BCUT2D eigenvalue weighted by atomic mass is 35.5. The second-order valence-electron chi connectivity index (χ2n) is 6.24. The van der Waals surface area contributed by atoms with Crippen molar-refractivity contribution >= 4 is 34.0 Å². The van der Waals surface area contributed by atoms with Crippen molar-refractivity contribution in [2.24, 2.45) is 0 Å². The second kappa shape index (κ2) is 7.52. The molecular weight excluding hydrogens is 391 g/mol. The number of halogens is 2. The Balaban J connectivity index is 1.95. The molecule has 1 heterocycles. The molecule has 4 rings (SSSR count). The summed E-state index contributed by atoms with van der Waals surface area (Å²) in [6.45, 7) is 0. The van der Waals surface area contributed by atoms with E-state index in [9.17, 15) is 5.26 Å². The molecule has 0 saturated carbocycles. The molecule has 0 saturated heterocycles. The predicted octanol–water partition coefficient (Wildman–Crippen LogP) is 6.76. The molecule has 0 aliphatic rings. The fourth-order valence-electron chi connectivity index (χ4n) is 3.17. The molecule has 4 aromatic rings. The van der Waals surface area contributed by atoms with Crippen molar-refractivity contribution in [3.63, 3.8) is 0 Å². The Hall–Kier alpha value is -3.06. The standard InChI is InChI=1S/C23H14Cl2N2O/c1-28-23-19(13-26)18(16-8-9-20(24)21(25)11-16)12-22(27-23)17-7-6-14-4-2-3-5-15(14)10-17/h2-12H,1H3. The third-order valence-electron chi connectivity index (χ3n) is 4.57. The topological polar surface area (TPSA) is 45.9 Å².